The molecular formula is C18H26N2O2. The second kappa shape index (κ2) is 6.80. The molecule has 0 saturated carbocycles. The van der Waals surface area contributed by atoms with Crippen molar-refractivity contribution in [3.63, 3.8) is 0 Å². The Morgan fingerprint density at radius 3 is 2.50 bits per heavy atom. The van der Waals surface area contributed by atoms with Crippen LogP contribution in [0.3, 0.4) is 0 Å². The molecule has 1 aromatic rings. The molecule has 1 aromatic carbocycles. The van der Waals surface area contributed by atoms with E-state index < -0.39 is 0 Å². The quantitative estimate of drug-likeness (QED) is 0.906. The lowest BCUT2D eigenvalue weighted by Crippen LogP contribution is -2.56. The van der Waals surface area contributed by atoms with Crippen LogP contribution in [0.5, 0.6) is 0 Å². The van der Waals surface area contributed by atoms with Crippen LogP contribution in [-0.4, -0.2) is 43.2 Å². The fourth-order valence-electron chi connectivity index (χ4n) is 3.26. The van der Waals surface area contributed by atoms with Gasteiger partial charge in [0.15, 0.2) is 0 Å². The molecule has 0 spiro atoms. The van der Waals surface area contributed by atoms with E-state index in [1.807, 2.05) is 0 Å². The summed E-state index contributed by atoms with van der Waals surface area (Å²) < 4.78 is 5.25. The number of nitrogens with one attached hydrogen (secondary N) is 1. The predicted octanol–water partition coefficient (Wildman–Crippen LogP) is 2.19. The van der Waals surface area contributed by atoms with E-state index in [9.17, 15) is 4.79 Å². The summed E-state index contributed by atoms with van der Waals surface area (Å²) in [5, 5.41) is 3.25. The Morgan fingerprint density at radius 2 is 1.95 bits per heavy atom. The summed E-state index contributed by atoms with van der Waals surface area (Å²) >= 11 is 0. The summed E-state index contributed by atoms with van der Waals surface area (Å²) in [5.41, 5.74) is 1.11. The molecule has 3 rings (SSSR count). The molecule has 22 heavy (non-hydrogen) atoms. The van der Waals surface area contributed by atoms with E-state index in [4.69, 9.17) is 4.74 Å². The molecule has 2 saturated heterocycles. The number of hydrogen-bond donors (Lipinski definition) is 1. The Morgan fingerprint density at radius 1 is 1.27 bits per heavy atom. The van der Waals surface area contributed by atoms with E-state index in [0.717, 1.165) is 38.9 Å². The second-order valence-corrected chi connectivity index (χ2v) is 6.64. The van der Waals surface area contributed by atoms with E-state index >= 15 is 0 Å². The molecule has 0 bridgehead atoms. The SMILES string of the molecule is CCC1(C(=O)NC2CCN(Cc3ccccc3)CC2)COC1. The number of nitrogens with zero attached hydrogens (tertiary/aromatic N) is 1. The summed E-state index contributed by atoms with van der Waals surface area (Å²) in [6, 6.07) is 10.9. The number of hydrogen-bond acceptors (Lipinski definition) is 3. The van der Waals surface area contributed by atoms with Gasteiger partial charge < -0.3 is 10.1 Å². The molecule has 0 aliphatic carbocycles. The minimum absolute atomic E-state index is 0.197. The zero-order valence-electron chi connectivity index (χ0n) is 13.4. The molecule has 0 aromatic heterocycles. The highest BCUT2D eigenvalue weighted by Gasteiger charge is 2.44. The van der Waals surface area contributed by atoms with Crippen LogP contribution in [0.2, 0.25) is 0 Å². The fourth-order valence-corrected chi connectivity index (χ4v) is 3.26. The summed E-state index contributed by atoms with van der Waals surface area (Å²) in [6.07, 6.45) is 2.95. The molecule has 0 unspecified atom stereocenters. The number of benzene rings is 1. The van der Waals surface area contributed by atoms with Crippen LogP contribution in [-0.2, 0) is 16.1 Å². The third kappa shape index (κ3) is 3.33. The standard InChI is InChI=1S/C18H26N2O2/c1-2-18(13-22-14-18)17(21)19-16-8-10-20(11-9-16)12-15-6-4-3-5-7-15/h3-7,16H,2,8-14H2,1H3,(H,19,21). The highest BCUT2D eigenvalue weighted by molar-refractivity contribution is 5.84. The van der Waals surface area contributed by atoms with Crippen LogP contribution in [0, 0.1) is 5.41 Å². The average Bonchev–Trinajstić information content (AvgIpc) is 2.50. The molecule has 2 aliphatic heterocycles. The Labute approximate surface area is 132 Å². The molecule has 0 radical (unpaired) electrons. The highest BCUT2D eigenvalue weighted by atomic mass is 16.5. The molecule has 1 amide bonds. The Hall–Kier alpha value is -1.39. The summed E-state index contributed by atoms with van der Waals surface area (Å²) in [5.74, 6) is 0.197. The maximum absolute atomic E-state index is 12.4. The minimum Gasteiger partial charge on any atom is -0.379 e. The van der Waals surface area contributed by atoms with Gasteiger partial charge in [0.1, 0.15) is 0 Å². The van der Waals surface area contributed by atoms with Crippen molar-refractivity contribution in [2.45, 2.75) is 38.8 Å². The lowest BCUT2D eigenvalue weighted by molar-refractivity contribution is -0.163. The maximum atomic E-state index is 12.4. The number of carbonyl (C=O) groups excluding carboxylic acids is 1. The van der Waals surface area contributed by atoms with Crippen LogP contribution < -0.4 is 5.32 Å². The Bertz CT molecular complexity index is 486. The summed E-state index contributed by atoms with van der Waals surface area (Å²) in [4.78, 5) is 14.9. The molecule has 2 aliphatic rings. The minimum atomic E-state index is -0.249. The van der Waals surface area contributed by atoms with Crippen LogP contribution in [0.15, 0.2) is 30.3 Å². The smallest absolute Gasteiger partial charge is 0.231 e. The first-order valence-electron chi connectivity index (χ1n) is 8.37. The first kappa shape index (κ1) is 15.5. The van der Waals surface area contributed by atoms with E-state index in [2.05, 4.69) is 47.5 Å². The molecule has 4 nitrogen and oxygen atoms in total. The van der Waals surface area contributed by atoms with Gasteiger partial charge >= 0.3 is 0 Å². The first-order valence-corrected chi connectivity index (χ1v) is 8.37. The third-order valence-corrected chi connectivity index (χ3v) is 5.09. The molecule has 2 heterocycles. The van der Waals surface area contributed by atoms with Gasteiger partial charge in [0, 0.05) is 25.7 Å². The van der Waals surface area contributed by atoms with Crippen molar-refractivity contribution in [2.75, 3.05) is 26.3 Å². The van der Waals surface area contributed by atoms with Gasteiger partial charge in [-0.2, -0.15) is 0 Å². The number of rotatable bonds is 5. The molecule has 4 heteroatoms. The molecular weight excluding hydrogens is 276 g/mol. The number of carbonyl (C=O) groups is 1. The number of amides is 1. The second-order valence-electron chi connectivity index (χ2n) is 6.64. The highest BCUT2D eigenvalue weighted by Crippen LogP contribution is 2.31. The first-order chi connectivity index (χ1) is 10.7. The number of likely N-dealkylation sites (tertiary alicyclic amines) is 1. The zero-order valence-corrected chi connectivity index (χ0v) is 13.4. The van der Waals surface area contributed by atoms with Gasteiger partial charge in [-0.05, 0) is 24.8 Å². The van der Waals surface area contributed by atoms with Crippen molar-refractivity contribution in [3.05, 3.63) is 35.9 Å². The van der Waals surface area contributed by atoms with Crippen molar-refractivity contribution >= 4 is 5.91 Å². The van der Waals surface area contributed by atoms with Crippen LogP contribution in [0.25, 0.3) is 0 Å². The third-order valence-electron chi connectivity index (χ3n) is 5.09. The van der Waals surface area contributed by atoms with Crippen molar-refractivity contribution < 1.29 is 9.53 Å². The molecule has 120 valence electrons. The Kier molecular flexibility index (Phi) is 4.79. The Balaban J connectivity index is 1.45. The average molecular weight is 302 g/mol. The van der Waals surface area contributed by atoms with Crippen LogP contribution in [0.1, 0.15) is 31.7 Å². The number of ether oxygens (including phenoxy) is 1. The monoisotopic (exact) mass is 302 g/mol. The largest absolute Gasteiger partial charge is 0.379 e. The van der Waals surface area contributed by atoms with Gasteiger partial charge in [-0.1, -0.05) is 37.3 Å². The van der Waals surface area contributed by atoms with E-state index in [0.29, 0.717) is 19.3 Å². The van der Waals surface area contributed by atoms with Gasteiger partial charge in [-0.25, -0.2) is 0 Å². The van der Waals surface area contributed by atoms with Gasteiger partial charge in [-0.3, -0.25) is 9.69 Å². The van der Waals surface area contributed by atoms with E-state index in [1.54, 1.807) is 0 Å². The molecule has 0 atom stereocenters. The topological polar surface area (TPSA) is 41.6 Å². The van der Waals surface area contributed by atoms with E-state index in [1.165, 1.54) is 5.56 Å². The normalized spacial score (nSPS) is 22.0. The van der Waals surface area contributed by atoms with Crippen molar-refractivity contribution in [2.24, 2.45) is 5.41 Å². The van der Waals surface area contributed by atoms with Crippen molar-refractivity contribution in [1.82, 2.24) is 10.2 Å². The van der Waals surface area contributed by atoms with Gasteiger partial charge in [0.25, 0.3) is 0 Å². The van der Waals surface area contributed by atoms with Gasteiger partial charge in [0.05, 0.1) is 18.6 Å². The number of piperidine rings is 1. The lowest BCUT2D eigenvalue weighted by atomic mass is 9.81. The molecule has 2 fully saturated rings. The van der Waals surface area contributed by atoms with Crippen molar-refractivity contribution in [1.29, 1.82) is 0 Å². The van der Waals surface area contributed by atoms with Gasteiger partial charge in [-0.15, -0.1) is 0 Å². The maximum Gasteiger partial charge on any atom is 0.231 e. The van der Waals surface area contributed by atoms with Crippen molar-refractivity contribution in [3.8, 4) is 0 Å². The summed E-state index contributed by atoms with van der Waals surface area (Å²) in [7, 11) is 0. The molecule has 1 N–H and O–H groups in total. The van der Waals surface area contributed by atoms with Gasteiger partial charge in [0.2, 0.25) is 5.91 Å². The lowest BCUT2D eigenvalue weighted by Gasteiger charge is -2.41. The predicted molar refractivity (Wildman–Crippen MR) is 86.4 cm³/mol. The van der Waals surface area contributed by atoms with Crippen LogP contribution >= 0.6 is 0 Å². The fraction of sp³-hybridized carbons (Fsp3) is 0.611. The van der Waals surface area contributed by atoms with E-state index in [-0.39, 0.29) is 11.3 Å². The summed E-state index contributed by atoms with van der Waals surface area (Å²) in [6.45, 7) is 6.36. The zero-order chi connectivity index (χ0) is 15.4. The van der Waals surface area contributed by atoms with Crippen LogP contribution in [0.4, 0.5) is 0 Å².